The number of carbonyl (C=O) groups is 2. The molecule has 19 heavy (non-hydrogen) atoms. The van der Waals surface area contributed by atoms with Crippen LogP contribution >= 0.6 is 0 Å². The van der Waals surface area contributed by atoms with Gasteiger partial charge in [0.15, 0.2) is 5.78 Å². The number of nitrogens with zero attached hydrogens (tertiary/aromatic N) is 1. The molecule has 1 heterocycles. The van der Waals surface area contributed by atoms with Gasteiger partial charge < -0.3 is 4.74 Å². The molecule has 1 amide bonds. The minimum atomic E-state index is -0.505. The molecular formula is C15H19NO3. The minimum Gasteiger partial charge on any atom is -0.441 e. The lowest BCUT2D eigenvalue weighted by molar-refractivity contribution is 0.0718. The zero-order valence-electron chi connectivity index (χ0n) is 11.8. The molecule has 0 N–H and O–H groups in total. The number of benzene rings is 1. The number of hydrogen-bond donors (Lipinski definition) is 0. The summed E-state index contributed by atoms with van der Waals surface area (Å²) >= 11 is 0. The van der Waals surface area contributed by atoms with Crippen LogP contribution in [0.3, 0.4) is 0 Å². The maximum atomic E-state index is 11.9. The van der Waals surface area contributed by atoms with Crippen LogP contribution in [0.2, 0.25) is 0 Å². The van der Waals surface area contributed by atoms with Gasteiger partial charge in [-0.15, -0.1) is 0 Å². The lowest BCUT2D eigenvalue weighted by atomic mass is 10.00. The van der Waals surface area contributed by atoms with E-state index in [1.165, 1.54) is 0 Å². The van der Waals surface area contributed by atoms with Crippen molar-refractivity contribution in [2.75, 3.05) is 4.90 Å². The second-order valence-corrected chi connectivity index (χ2v) is 5.34. The van der Waals surface area contributed by atoms with E-state index in [4.69, 9.17) is 4.74 Å². The quantitative estimate of drug-likeness (QED) is 0.783. The van der Waals surface area contributed by atoms with E-state index in [-0.39, 0.29) is 17.9 Å². The molecule has 1 saturated heterocycles. The van der Waals surface area contributed by atoms with Crippen LogP contribution in [-0.4, -0.2) is 23.5 Å². The molecule has 2 rings (SSSR count). The standard InChI is InChI=1S/C15H19NO3/c1-5-13(17)11-6-8-12(9-7-11)16-10(2)15(3,4)19-14(16)18/h6-10H,5H2,1-4H3/t10-/m0/s1. The van der Waals surface area contributed by atoms with Gasteiger partial charge >= 0.3 is 6.09 Å². The number of Topliss-reactive ketones (excluding diaryl/α,β-unsaturated/α-hetero) is 1. The normalized spacial score (nSPS) is 21.4. The predicted molar refractivity (Wildman–Crippen MR) is 73.6 cm³/mol. The van der Waals surface area contributed by atoms with Crippen molar-refractivity contribution < 1.29 is 14.3 Å². The van der Waals surface area contributed by atoms with Crippen LogP contribution in [0.4, 0.5) is 10.5 Å². The molecule has 0 spiro atoms. The summed E-state index contributed by atoms with van der Waals surface area (Å²) in [7, 11) is 0. The van der Waals surface area contributed by atoms with Gasteiger partial charge in [-0.25, -0.2) is 4.79 Å². The van der Waals surface area contributed by atoms with Crippen molar-refractivity contribution in [2.45, 2.75) is 45.8 Å². The fourth-order valence-electron chi connectivity index (χ4n) is 2.17. The van der Waals surface area contributed by atoms with Crippen molar-refractivity contribution in [2.24, 2.45) is 0 Å². The van der Waals surface area contributed by atoms with E-state index < -0.39 is 5.60 Å². The number of carbonyl (C=O) groups excluding carboxylic acids is 2. The van der Waals surface area contributed by atoms with Crippen LogP contribution in [0, 0.1) is 0 Å². The summed E-state index contributed by atoms with van der Waals surface area (Å²) in [5.74, 6) is 0.101. The third kappa shape index (κ3) is 2.35. The number of hydrogen-bond acceptors (Lipinski definition) is 3. The first kappa shape index (κ1) is 13.6. The topological polar surface area (TPSA) is 46.6 Å². The van der Waals surface area contributed by atoms with Gasteiger partial charge in [0.1, 0.15) is 5.60 Å². The van der Waals surface area contributed by atoms with Crippen molar-refractivity contribution in [1.29, 1.82) is 0 Å². The summed E-state index contributed by atoms with van der Waals surface area (Å²) in [6.45, 7) is 7.57. The second-order valence-electron chi connectivity index (χ2n) is 5.34. The van der Waals surface area contributed by atoms with Crippen molar-refractivity contribution in [3.63, 3.8) is 0 Å². The number of ketones is 1. The van der Waals surface area contributed by atoms with E-state index in [1.807, 2.05) is 27.7 Å². The highest BCUT2D eigenvalue weighted by Gasteiger charge is 2.45. The molecule has 1 aliphatic heterocycles. The van der Waals surface area contributed by atoms with Crippen LogP contribution in [0.15, 0.2) is 24.3 Å². The maximum absolute atomic E-state index is 11.9. The Morgan fingerprint density at radius 3 is 2.32 bits per heavy atom. The first-order valence-corrected chi connectivity index (χ1v) is 6.52. The maximum Gasteiger partial charge on any atom is 0.415 e. The van der Waals surface area contributed by atoms with Gasteiger partial charge in [-0.2, -0.15) is 0 Å². The second kappa shape index (κ2) is 4.68. The number of anilines is 1. The van der Waals surface area contributed by atoms with Gasteiger partial charge in [-0.3, -0.25) is 9.69 Å². The van der Waals surface area contributed by atoms with E-state index in [0.29, 0.717) is 12.0 Å². The summed E-state index contributed by atoms with van der Waals surface area (Å²) in [5, 5.41) is 0. The number of ether oxygens (including phenoxy) is 1. The smallest absolute Gasteiger partial charge is 0.415 e. The third-order valence-electron chi connectivity index (χ3n) is 3.73. The average Bonchev–Trinajstić information content (AvgIpc) is 2.58. The van der Waals surface area contributed by atoms with Crippen LogP contribution in [0.1, 0.15) is 44.5 Å². The van der Waals surface area contributed by atoms with Crippen LogP contribution in [-0.2, 0) is 4.74 Å². The molecule has 1 aliphatic rings. The summed E-state index contributed by atoms with van der Waals surface area (Å²) in [4.78, 5) is 25.1. The molecular weight excluding hydrogens is 242 g/mol. The highest BCUT2D eigenvalue weighted by atomic mass is 16.6. The Morgan fingerprint density at radius 2 is 1.89 bits per heavy atom. The van der Waals surface area contributed by atoms with Crippen molar-refractivity contribution in [3.05, 3.63) is 29.8 Å². The molecule has 4 nitrogen and oxygen atoms in total. The fourth-order valence-corrected chi connectivity index (χ4v) is 2.17. The Kier molecular flexibility index (Phi) is 3.35. The summed E-state index contributed by atoms with van der Waals surface area (Å²) in [6.07, 6.45) is 0.140. The monoisotopic (exact) mass is 261 g/mol. The molecule has 0 aliphatic carbocycles. The molecule has 0 aromatic heterocycles. The van der Waals surface area contributed by atoms with E-state index in [1.54, 1.807) is 29.2 Å². The number of amides is 1. The van der Waals surface area contributed by atoms with Crippen LogP contribution < -0.4 is 4.90 Å². The highest BCUT2D eigenvalue weighted by molar-refractivity contribution is 5.97. The first-order chi connectivity index (χ1) is 8.86. The molecule has 0 radical (unpaired) electrons. The molecule has 0 bridgehead atoms. The van der Waals surface area contributed by atoms with Gasteiger partial charge in [0, 0.05) is 17.7 Å². The lowest BCUT2D eigenvalue weighted by Crippen LogP contribution is -2.39. The molecule has 1 aromatic rings. The fraction of sp³-hybridized carbons (Fsp3) is 0.467. The van der Waals surface area contributed by atoms with Gasteiger partial charge in [0.05, 0.1) is 6.04 Å². The van der Waals surface area contributed by atoms with Crippen LogP contribution in [0.5, 0.6) is 0 Å². The highest BCUT2D eigenvalue weighted by Crippen LogP contribution is 2.33. The predicted octanol–water partition coefficient (Wildman–Crippen LogP) is 3.40. The first-order valence-electron chi connectivity index (χ1n) is 6.52. The van der Waals surface area contributed by atoms with Gasteiger partial charge in [0.25, 0.3) is 0 Å². The van der Waals surface area contributed by atoms with E-state index >= 15 is 0 Å². The van der Waals surface area contributed by atoms with E-state index in [0.717, 1.165) is 5.69 Å². The Hall–Kier alpha value is -1.84. The number of cyclic esters (lactones) is 1. The summed E-state index contributed by atoms with van der Waals surface area (Å²) in [6, 6.07) is 7.05. The third-order valence-corrected chi connectivity index (χ3v) is 3.73. The van der Waals surface area contributed by atoms with Gasteiger partial charge in [0.2, 0.25) is 0 Å². The Bertz CT molecular complexity index is 505. The van der Waals surface area contributed by atoms with Crippen molar-refractivity contribution >= 4 is 17.6 Å². The van der Waals surface area contributed by atoms with E-state index in [2.05, 4.69) is 0 Å². The zero-order valence-corrected chi connectivity index (χ0v) is 11.8. The molecule has 0 saturated carbocycles. The molecule has 1 aromatic carbocycles. The van der Waals surface area contributed by atoms with E-state index in [9.17, 15) is 9.59 Å². The van der Waals surface area contributed by atoms with Crippen molar-refractivity contribution in [1.82, 2.24) is 0 Å². The Morgan fingerprint density at radius 1 is 1.32 bits per heavy atom. The minimum absolute atomic E-state index is 0.0484. The summed E-state index contributed by atoms with van der Waals surface area (Å²) < 4.78 is 5.35. The molecule has 102 valence electrons. The number of rotatable bonds is 3. The van der Waals surface area contributed by atoms with Gasteiger partial charge in [-0.1, -0.05) is 6.92 Å². The summed E-state index contributed by atoms with van der Waals surface area (Å²) in [5.41, 5.74) is 0.927. The van der Waals surface area contributed by atoms with Gasteiger partial charge in [-0.05, 0) is 45.0 Å². The van der Waals surface area contributed by atoms with Crippen LogP contribution in [0.25, 0.3) is 0 Å². The SMILES string of the molecule is CCC(=O)c1ccc(N2C(=O)OC(C)(C)[C@@H]2C)cc1. The Balaban J connectivity index is 2.28. The molecule has 1 fully saturated rings. The molecule has 4 heteroatoms. The zero-order chi connectivity index (χ0) is 14.2. The largest absolute Gasteiger partial charge is 0.441 e. The Labute approximate surface area is 113 Å². The molecule has 0 unspecified atom stereocenters. The lowest BCUT2D eigenvalue weighted by Gasteiger charge is -2.25. The average molecular weight is 261 g/mol. The molecule has 1 atom stereocenters. The van der Waals surface area contributed by atoms with Crippen molar-refractivity contribution in [3.8, 4) is 0 Å².